The molecule has 0 saturated carbocycles. The van der Waals surface area contributed by atoms with Gasteiger partial charge in [-0.2, -0.15) is 22.0 Å². The van der Waals surface area contributed by atoms with Crippen molar-refractivity contribution in [1.82, 2.24) is 15.5 Å². The molecule has 1 aliphatic rings. The second-order valence-electron chi connectivity index (χ2n) is 6.26. The van der Waals surface area contributed by atoms with E-state index in [1.165, 1.54) is 31.2 Å². The van der Waals surface area contributed by atoms with Crippen molar-refractivity contribution in [3.05, 3.63) is 23.8 Å². The zero-order valence-electron chi connectivity index (χ0n) is 15.5. The van der Waals surface area contributed by atoms with Crippen LogP contribution >= 0.6 is 0 Å². The van der Waals surface area contributed by atoms with Gasteiger partial charge in [0.15, 0.2) is 5.96 Å². The SMILES string of the molecule is CN=C(NCc1cc(OC)ccc1OC(F)F)NC1CCN(CC(F)(F)F)C1. The van der Waals surface area contributed by atoms with Crippen molar-refractivity contribution >= 4 is 5.96 Å². The number of ether oxygens (including phenoxy) is 2. The van der Waals surface area contributed by atoms with Gasteiger partial charge in [-0.3, -0.25) is 9.89 Å². The van der Waals surface area contributed by atoms with Crippen molar-refractivity contribution in [2.45, 2.75) is 31.8 Å². The lowest BCUT2D eigenvalue weighted by Crippen LogP contribution is -2.45. The van der Waals surface area contributed by atoms with Crippen LogP contribution in [0.5, 0.6) is 11.5 Å². The van der Waals surface area contributed by atoms with E-state index in [-0.39, 0.29) is 24.9 Å². The molecule has 2 rings (SSSR count). The van der Waals surface area contributed by atoms with Gasteiger partial charge in [0.05, 0.1) is 13.7 Å². The minimum atomic E-state index is -4.23. The molecule has 1 fully saturated rings. The molecule has 158 valence electrons. The fraction of sp³-hybridized carbons (Fsp3) is 0.588. The molecular formula is C17H23F5N4O2. The molecule has 2 N–H and O–H groups in total. The Morgan fingerprint density at radius 2 is 2.11 bits per heavy atom. The van der Waals surface area contributed by atoms with Gasteiger partial charge in [0.25, 0.3) is 0 Å². The van der Waals surface area contributed by atoms with Gasteiger partial charge in [-0.15, -0.1) is 0 Å². The standard InChI is InChI=1S/C17H23F5N4O2/c1-23-16(25-12-5-6-26(9-12)10-17(20,21)22)24-8-11-7-13(27-2)3-4-14(11)28-15(18)19/h3-4,7,12,15H,5-6,8-10H2,1-2H3,(H2,23,24,25). The Morgan fingerprint density at radius 1 is 1.36 bits per heavy atom. The fourth-order valence-electron chi connectivity index (χ4n) is 2.95. The minimum Gasteiger partial charge on any atom is -0.497 e. The van der Waals surface area contributed by atoms with E-state index in [2.05, 4.69) is 20.4 Å². The maximum atomic E-state index is 12.6. The largest absolute Gasteiger partial charge is 0.497 e. The van der Waals surface area contributed by atoms with E-state index in [4.69, 9.17) is 4.74 Å². The number of rotatable bonds is 7. The first-order chi connectivity index (χ1) is 13.2. The molecule has 0 radical (unpaired) electrons. The number of nitrogens with zero attached hydrogens (tertiary/aromatic N) is 2. The topological polar surface area (TPSA) is 58.1 Å². The maximum absolute atomic E-state index is 12.6. The summed E-state index contributed by atoms with van der Waals surface area (Å²) in [6, 6.07) is 4.24. The van der Waals surface area contributed by atoms with Gasteiger partial charge < -0.3 is 20.1 Å². The zero-order valence-corrected chi connectivity index (χ0v) is 15.5. The summed E-state index contributed by atoms with van der Waals surface area (Å²) < 4.78 is 72.2. The lowest BCUT2D eigenvalue weighted by Gasteiger charge is -2.20. The van der Waals surface area contributed by atoms with Crippen LogP contribution in [0.3, 0.4) is 0 Å². The van der Waals surface area contributed by atoms with E-state index in [1.54, 1.807) is 6.07 Å². The molecule has 11 heteroatoms. The number of halogens is 5. The highest BCUT2D eigenvalue weighted by atomic mass is 19.4. The van der Waals surface area contributed by atoms with Crippen LogP contribution in [0, 0.1) is 0 Å². The summed E-state index contributed by atoms with van der Waals surface area (Å²) in [5.41, 5.74) is 0.424. The monoisotopic (exact) mass is 410 g/mol. The predicted molar refractivity (Wildman–Crippen MR) is 93.9 cm³/mol. The lowest BCUT2D eigenvalue weighted by molar-refractivity contribution is -0.143. The van der Waals surface area contributed by atoms with E-state index in [0.717, 1.165) is 0 Å². The van der Waals surface area contributed by atoms with E-state index >= 15 is 0 Å². The highest BCUT2D eigenvalue weighted by Gasteiger charge is 2.34. The Bertz CT molecular complexity index is 669. The molecule has 1 saturated heterocycles. The lowest BCUT2D eigenvalue weighted by atomic mass is 10.2. The van der Waals surface area contributed by atoms with Crippen molar-refractivity contribution in [2.75, 3.05) is 33.8 Å². The average Bonchev–Trinajstić information content (AvgIpc) is 3.04. The highest BCUT2D eigenvalue weighted by Crippen LogP contribution is 2.25. The van der Waals surface area contributed by atoms with Crippen LogP contribution < -0.4 is 20.1 Å². The fourth-order valence-corrected chi connectivity index (χ4v) is 2.95. The molecular weight excluding hydrogens is 387 g/mol. The minimum absolute atomic E-state index is 0.00373. The van der Waals surface area contributed by atoms with Crippen LogP contribution in [-0.2, 0) is 6.54 Å². The number of aliphatic imine (C=N–C) groups is 1. The summed E-state index contributed by atoms with van der Waals surface area (Å²) >= 11 is 0. The third-order valence-corrected chi connectivity index (χ3v) is 4.17. The number of hydrogen-bond acceptors (Lipinski definition) is 4. The molecule has 0 bridgehead atoms. The van der Waals surface area contributed by atoms with Crippen molar-refractivity contribution in [3.63, 3.8) is 0 Å². The van der Waals surface area contributed by atoms with Gasteiger partial charge in [0, 0.05) is 38.3 Å². The third kappa shape index (κ3) is 7.02. The van der Waals surface area contributed by atoms with Crippen molar-refractivity contribution < 1.29 is 31.4 Å². The van der Waals surface area contributed by atoms with Crippen LogP contribution in [0.15, 0.2) is 23.2 Å². The number of nitrogens with one attached hydrogen (secondary N) is 2. The van der Waals surface area contributed by atoms with Crippen LogP contribution in [-0.4, -0.2) is 63.5 Å². The number of alkyl halides is 5. The van der Waals surface area contributed by atoms with Gasteiger partial charge in [0.1, 0.15) is 11.5 Å². The molecule has 0 aromatic heterocycles. The van der Waals surface area contributed by atoms with Gasteiger partial charge in [0.2, 0.25) is 0 Å². The normalized spacial score (nSPS) is 18.4. The summed E-state index contributed by atoms with van der Waals surface area (Å²) in [4.78, 5) is 5.35. The van der Waals surface area contributed by atoms with Crippen molar-refractivity contribution in [1.29, 1.82) is 0 Å². The Hall–Kier alpha value is -2.30. The Labute approximate surface area is 159 Å². The first-order valence-electron chi connectivity index (χ1n) is 8.58. The molecule has 1 aromatic carbocycles. The predicted octanol–water partition coefficient (Wildman–Crippen LogP) is 2.60. The third-order valence-electron chi connectivity index (χ3n) is 4.17. The van der Waals surface area contributed by atoms with Gasteiger partial charge >= 0.3 is 12.8 Å². The number of methoxy groups -OCH3 is 1. The summed E-state index contributed by atoms with van der Waals surface area (Å²) in [7, 11) is 2.97. The first-order valence-corrected chi connectivity index (χ1v) is 8.58. The summed E-state index contributed by atoms with van der Waals surface area (Å²) in [6.07, 6.45) is -3.70. The van der Waals surface area contributed by atoms with Crippen LogP contribution in [0.2, 0.25) is 0 Å². The van der Waals surface area contributed by atoms with Crippen molar-refractivity contribution in [3.8, 4) is 11.5 Å². The molecule has 1 atom stereocenters. The van der Waals surface area contributed by atoms with E-state index in [0.29, 0.717) is 30.2 Å². The molecule has 1 unspecified atom stereocenters. The van der Waals surface area contributed by atoms with Crippen LogP contribution in [0.1, 0.15) is 12.0 Å². The van der Waals surface area contributed by atoms with Gasteiger partial charge in [-0.1, -0.05) is 0 Å². The number of likely N-dealkylation sites (tertiary alicyclic amines) is 1. The summed E-state index contributed by atoms with van der Waals surface area (Å²) in [5, 5.41) is 6.01. The average molecular weight is 410 g/mol. The first kappa shape index (κ1) is 22.0. The van der Waals surface area contributed by atoms with E-state index < -0.39 is 19.3 Å². The molecule has 6 nitrogen and oxygen atoms in total. The quantitative estimate of drug-likeness (QED) is 0.411. The Morgan fingerprint density at radius 3 is 2.71 bits per heavy atom. The zero-order chi connectivity index (χ0) is 20.7. The highest BCUT2D eigenvalue weighted by molar-refractivity contribution is 5.80. The summed E-state index contributed by atoms with van der Waals surface area (Å²) in [5.74, 6) is 0.820. The van der Waals surface area contributed by atoms with E-state index in [1.807, 2.05) is 0 Å². The second kappa shape index (κ2) is 9.76. The number of benzene rings is 1. The second-order valence-corrected chi connectivity index (χ2v) is 6.26. The molecule has 0 spiro atoms. The molecule has 0 amide bonds. The van der Waals surface area contributed by atoms with Crippen LogP contribution in [0.25, 0.3) is 0 Å². The molecule has 1 aliphatic heterocycles. The maximum Gasteiger partial charge on any atom is 0.401 e. The van der Waals surface area contributed by atoms with Gasteiger partial charge in [-0.25, -0.2) is 0 Å². The molecule has 0 aliphatic carbocycles. The van der Waals surface area contributed by atoms with Crippen molar-refractivity contribution in [2.24, 2.45) is 4.99 Å². The number of hydrogen-bond donors (Lipinski definition) is 2. The Balaban J connectivity index is 1.94. The molecule has 28 heavy (non-hydrogen) atoms. The van der Waals surface area contributed by atoms with Gasteiger partial charge in [-0.05, 0) is 24.6 Å². The molecule has 1 aromatic rings. The smallest absolute Gasteiger partial charge is 0.401 e. The van der Waals surface area contributed by atoms with E-state index in [9.17, 15) is 22.0 Å². The Kier molecular flexibility index (Phi) is 7.67. The van der Waals surface area contributed by atoms with Crippen LogP contribution in [0.4, 0.5) is 22.0 Å². The number of guanidine groups is 1. The molecule has 1 heterocycles. The summed E-state index contributed by atoms with van der Waals surface area (Å²) in [6.45, 7) is -3.24.